The summed E-state index contributed by atoms with van der Waals surface area (Å²) < 4.78 is 6.00. The maximum Gasteiger partial charge on any atom is 0.247 e. The van der Waals surface area contributed by atoms with Crippen LogP contribution in [0.2, 0.25) is 4.34 Å². The zero-order valence-corrected chi connectivity index (χ0v) is 12.3. The number of halogens is 1. The molecule has 4 nitrogen and oxygen atoms in total. The van der Waals surface area contributed by atoms with Gasteiger partial charge in [0.25, 0.3) is 0 Å². The summed E-state index contributed by atoms with van der Waals surface area (Å²) in [6, 6.07) is 9.95. The number of nitrogens with one attached hydrogen (secondary N) is 1. The van der Waals surface area contributed by atoms with Gasteiger partial charge in [0.2, 0.25) is 12.3 Å². The minimum atomic E-state index is 0.532. The first-order chi connectivity index (χ1) is 9.72. The van der Waals surface area contributed by atoms with E-state index >= 15 is 0 Å². The maximum atomic E-state index is 5.92. The van der Waals surface area contributed by atoms with Crippen LogP contribution in [0.25, 0.3) is 11.5 Å². The molecule has 20 heavy (non-hydrogen) atoms. The lowest BCUT2D eigenvalue weighted by Gasteiger charge is -2.09. The van der Waals surface area contributed by atoms with Gasteiger partial charge in [-0.25, -0.2) is 0 Å². The van der Waals surface area contributed by atoms with Gasteiger partial charge in [-0.1, -0.05) is 11.6 Å². The number of hydrogen-bond donors (Lipinski definition) is 1. The fraction of sp³-hybridized carbons (Fsp3) is 0.143. The third kappa shape index (κ3) is 2.84. The van der Waals surface area contributed by atoms with Gasteiger partial charge in [0.1, 0.15) is 0 Å². The molecule has 0 atom stereocenters. The summed E-state index contributed by atoms with van der Waals surface area (Å²) in [5, 5.41) is 11.0. The Morgan fingerprint density at radius 2 is 2.20 bits per heavy atom. The fourth-order valence-corrected chi connectivity index (χ4v) is 2.95. The third-order valence-corrected chi connectivity index (χ3v) is 4.15. The number of benzene rings is 1. The zero-order valence-electron chi connectivity index (χ0n) is 10.8. The van der Waals surface area contributed by atoms with Crippen LogP contribution in [0.3, 0.4) is 0 Å². The van der Waals surface area contributed by atoms with Gasteiger partial charge in [-0.15, -0.1) is 21.5 Å². The molecular weight excluding hydrogens is 294 g/mol. The van der Waals surface area contributed by atoms with Crippen LogP contribution in [-0.2, 0) is 6.54 Å². The van der Waals surface area contributed by atoms with E-state index in [9.17, 15) is 0 Å². The fourth-order valence-electron chi connectivity index (χ4n) is 1.92. The number of hydrogen-bond acceptors (Lipinski definition) is 5. The highest BCUT2D eigenvalue weighted by Crippen LogP contribution is 2.25. The van der Waals surface area contributed by atoms with Crippen molar-refractivity contribution in [2.45, 2.75) is 13.5 Å². The van der Waals surface area contributed by atoms with E-state index in [-0.39, 0.29) is 0 Å². The molecule has 1 aromatic carbocycles. The zero-order chi connectivity index (χ0) is 13.9. The van der Waals surface area contributed by atoms with Crippen molar-refractivity contribution in [3.63, 3.8) is 0 Å². The molecule has 0 saturated heterocycles. The molecule has 0 radical (unpaired) electrons. The van der Waals surface area contributed by atoms with E-state index in [1.807, 2.05) is 37.3 Å². The van der Waals surface area contributed by atoms with Crippen molar-refractivity contribution < 1.29 is 4.42 Å². The molecule has 0 fully saturated rings. The Morgan fingerprint density at radius 3 is 2.85 bits per heavy atom. The van der Waals surface area contributed by atoms with Gasteiger partial charge in [0.05, 0.1) is 4.34 Å². The molecule has 0 aliphatic rings. The molecule has 3 rings (SSSR count). The van der Waals surface area contributed by atoms with Gasteiger partial charge >= 0.3 is 0 Å². The molecule has 2 heterocycles. The summed E-state index contributed by atoms with van der Waals surface area (Å²) in [4.78, 5) is 1.20. The average Bonchev–Trinajstić information content (AvgIpc) is 3.08. The molecule has 0 bridgehead atoms. The van der Waals surface area contributed by atoms with Gasteiger partial charge in [-0.3, -0.25) is 0 Å². The minimum Gasteiger partial charge on any atom is -0.423 e. The topological polar surface area (TPSA) is 51.0 Å². The van der Waals surface area contributed by atoms with Crippen molar-refractivity contribution in [2.75, 3.05) is 5.32 Å². The van der Waals surface area contributed by atoms with E-state index in [4.69, 9.17) is 16.0 Å². The summed E-state index contributed by atoms with van der Waals surface area (Å²) >= 11 is 7.50. The smallest absolute Gasteiger partial charge is 0.247 e. The highest BCUT2D eigenvalue weighted by Gasteiger charge is 2.06. The monoisotopic (exact) mass is 305 g/mol. The van der Waals surface area contributed by atoms with E-state index in [0.29, 0.717) is 5.89 Å². The summed E-state index contributed by atoms with van der Waals surface area (Å²) in [6.45, 7) is 2.81. The molecule has 0 unspecified atom stereocenters. The van der Waals surface area contributed by atoms with Crippen molar-refractivity contribution in [1.29, 1.82) is 0 Å². The molecule has 0 aliphatic heterocycles. The van der Waals surface area contributed by atoms with Gasteiger partial charge in [0.15, 0.2) is 0 Å². The van der Waals surface area contributed by atoms with Crippen LogP contribution in [0, 0.1) is 6.92 Å². The van der Waals surface area contributed by atoms with E-state index in [1.54, 1.807) is 11.3 Å². The van der Waals surface area contributed by atoms with E-state index < -0.39 is 0 Å². The normalized spacial score (nSPS) is 10.7. The standard InChI is InChI=1S/C14H12ClN3OS/c1-9-6-10(14-18-17-8-19-14)2-4-12(9)16-7-11-3-5-13(15)20-11/h2-6,8,16H,7H2,1H3. The lowest BCUT2D eigenvalue weighted by Crippen LogP contribution is -1.99. The van der Waals surface area contributed by atoms with Gasteiger partial charge in [0, 0.05) is 22.7 Å². The van der Waals surface area contributed by atoms with Crippen molar-refractivity contribution in [3.8, 4) is 11.5 Å². The molecule has 0 amide bonds. The Kier molecular flexibility index (Phi) is 3.71. The van der Waals surface area contributed by atoms with Crippen LogP contribution in [0.15, 0.2) is 41.1 Å². The summed E-state index contributed by atoms with van der Waals surface area (Å²) in [5.41, 5.74) is 3.13. The van der Waals surface area contributed by atoms with Crippen molar-refractivity contribution in [2.24, 2.45) is 0 Å². The molecule has 0 spiro atoms. The van der Waals surface area contributed by atoms with Crippen LogP contribution < -0.4 is 5.32 Å². The molecular formula is C14H12ClN3OS. The Bertz CT molecular complexity index is 709. The predicted octanol–water partition coefficient (Wildman–Crippen LogP) is 4.37. The van der Waals surface area contributed by atoms with Gasteiger partial charge in [-0.05, 0) is 42.8 Å². The number of nitrogens with zero attached hydrogens (tertiary/aromatic N) is 2. The Balaban J connectivity index is 1.74. The van der Waals surface area contributed by atoms with E-state index in [1.165, 1.54) is 11.3 Å². The second-order valence-electron chi connectivity index (χ2n) is 4.33. The number of rotatable bonds is 4. The van der Waals surface area contributed by atoms with E-state index in [2.05, 4.69) is 15.5 Å². The first-order valence-corrected chi connectivity index (χ1v) is 7.27. The molecule has 0 saturated carbocycles. The van der Waals surface area contributed by atoms with E-state index in [0.717, 1.165) is 27.7 Å². The Morgan fingerprint density at radius 1 is 1.30 bits per heavy atom. The number of aromatic nitrogens is 2. The second-order valence-corrected chi connectivity index (χ2v) is 6.13. The lowest BCUT2D eigenvalue weighted by atomic mass is 10.1. The number of thiophene rings is 1. The SMILES string of the molecule is Cc1cc(-c2nnco2)ccc1NCc1ccc(Cl)s1. The first kappa shape index (κ1) is 13.1. The largest absolute Gasteiger partial charge is 0.423 e. The minimum absolute atomic E-state index is 0.532. The average molecular weight is 306 g/mol. The van der Waals surface area contributed by atoms with Crippen LogP contribution in [0.1, 0.15) is 10.4 Å². The van der Waals surface area contributed by atoms with Crippen molar-refractivity contribution in [3.05, 3.63) is 51.5 Å². The second kappa shape index (κ2) is 5.64. The van der Waals surface area contributed by atoms with Crippen LogP contribution >= 0.6 is 22.9 Å². The maximum absolute atomic E-state index is 5.92. The number of aryl methyl sites for hydroxylation is 1. The van der Waals surface area contributed by atoms with Crippen molar-refractivity contribution >= 4 is 28.6 Å². The summed E-state index contributed by atoms with van der Waals surface area (Å²) in [7, 11) is 0. The quantitative estimate of drug-likeness (QED) is 0.777. The van der Waals surface area contributed by atoms with Crippen LogP contribution in [0.5, 0.6) is 0 Å². The van der Waals surface area contributed by atoms with Crippen LogP contribution in [-0.4, -0.2) is 10.2 Å². The molecule has 102 valence electrons. The van der Waals surface area contributed by atoms with Crippen molar-refractivity contribution in [1.82, 2.24) is 10.2 Å². The van der Waals surface area contributed by atoms with Gasteiger partial charge in [-0.2, -0.15) is 0 Å². The first-order valence-electron chi connectivity index (χ1n) is 6.07. The molecule has 6 heteroatoms. The lowest BCUT2D eigenvalue weighted by molar-refractivity contribution is 0.568. The summed E-state index contributed by atoms with van der Waals surface area (Å²) in [5.74, 6) is 0.532. The highest BCUT2D eigenvalue weighted by molar-refractivity contribution is 7.16. The Labute approximate surface area is 125 Å². The predicted molar refractivity (Wildman–Crippen MR) is 81.1 cm³/mol. The summed E-state index contributed by atoms with van der Waals surface area (Å²) in [6.07, 6.45) is 1.33. The van der Waals surface area contributed by atoms with Crippen LogP contribution in [0.4, 0.5) is 5.69 Å². The highest BCUT2D eigenvalue weighted by atomic mass is 35.5. The molecule has 1 N–H and O–H groups in total. The number of anilines is 1. The van der Waals surface area contributed by atoms with Gasteiger partial charge < -0.3 is 9.73 Å². The molecule has 0 aliphatic carbocycles. The Hall–Kier alpha value is -1.85. The third-order valence-electron chi connectivity index (χ3n) is 2.92. The molecule has 2 aromatic heterocycles. The molecule has 3 aromatic rings.